The van der Waals surface area contributed by atoms with E-state index >= 15 is 0 Å². The van der Waals surface area contributed by atoms with Gasteiger partial charge in [0, 0.05) is 31.0 Å². The summed E-state index contributed by atoms with van der Waals surface area (Å²) < 4.78 is 7.37. The monoisotopic (exact) mass is 257 g/mol. The summed E-state index contributed by atoms with van der Waals surface area (Å²) in [6.07, 6.45) is 6.35. The molecule has 1 saturated heterocycles. The lowest BCUT2D eigenvalue weighted by atomic mass is 10.1. The third kappa shape index (κ3) is 3.22. The molecule has 0 spiro atoms. The van der Waals surface area contributed by atoms with Crippen LogP contribution in [0.3, 0.4) is 0 Å². The lowest BCUT2D eigenvalue weighted by Gasteiger charge is -2.22. The number of nitrogens with zero attached hydrogens (tertiary/aromatic N) is 2. The van der Waals surface area contributed by atoms with Gasteiger partial charge in [0.1, 0.15) is 0 Å². The summed E-state index contributed by atoms with van der Waals surface area (Å²) in [5.41, 5.74) is 2.30. The van der Waals surface area contributed by atoms with Crippen molar-refractivity contribution in [1.29, 1.82) is 0 Å². The molecule has 1 fully saturated rings. The molecule has 1 atom stereocenters. The molecule has 1 aromatic carbocycles. The second-order valence-electron chi connectivity index (χ2n) is 4.92. The van der Waals surface area contributed by atoms with Crippen LogP contribution in [0.5, 0.6) is 0 Å². The van der Waals surface area contributed by atoms with Gasteiger partial charge in [0.25, 0.3) is 0 Å². The Labute approximate surface area is 113 Å². The maximum Gasteiger partial charge on any atom is 0.0645 e. The molecule has 0 amide bonds. The maximum absolute atomic E-state index is 5.46. The van der Waals surface area contributed by atoms with Gasteiger partial charge in [-0.15, -0.1) is 0 Å². The van der Waals surface area contributed by atoms with Crippen LogP contribution in [0.4, 0.5) is 0 Å². The van der Waals surface area contributed by atoms with Gasteiger partial charge in [0.05, 0.1) is 18.5 Å². The lowest BCUT2D eigenvalue weighted by molar-refractivity contribution is 0.0699. The van der Waals surface area contributed by atoms with Crippen molar-refractivity contribution in [3.8, 4) is 5.69 Å². The van der Waals surface area contributed by atoms with E-state index in [0.29, 0.717) is 6.04 Å². The van der Waals surface area contributed by atoms with E-state index in [4.69, 9.17) is 4.74 Å². The second-order valence-corrected chi connectivity index (χ2v) is 4.92. The van der Waals surface area contributed by atoms with Gasteiger partial charge in [-0.3, -0.25) is 0 Å². The molecule has 0 radical (unpaired) electrons. The summed E-state index contributed by atoms with van der Waals surface area (Å²) in [5, 5.41) is 7.92. The first-order valence-electron chi connectivity index (χ1n) is 6.82. The Morgan fingerprint density at radius 2 is 2.21 bits per heavy atom. The third-order valence-electron chi connectivity index (χ3n) is 3.41. The molecule has 0 aliphatic carbocycles. The highest BCUT2D eigenvalue weighted by molar-refractivity contribution is 5.30. The normalized spacial score (nSPS) is 19.5. The highest BCUT2D eigenvalue weighted by atomic mass is 16.5. The van der Waals surface area contributed by atoms with Crippen molar-refractivity contribution in [2.45, 2.75) is 25.4 Å². The molecule has 2 aromatic rings. The first-order chi connectivity index (χ1) is 9.42. The molecule has 1 N–H and O–H groups in total. The minimum Gasteiger partial charge on any atom is -0.380 e. The predicted molar refractivity (Wildman–Crippen MR) is 74.2 cm³/mol. The summed E-state index contributed by atoms with van der Waals surface area (Å²) in [5.74, 6) is 0. The van der Waals surface area contributed by atoms with E-state index in [1.54, 1.807) is 0 Å². The van der Waals surface area contributed by atoms with E-state index in [-0.39, 0.29) is 0 Å². The number of rotatable bonds is 4. The third-order valence-corrected chi connectivity index (χ3v) is 3.41. The molecule has 2 heterocycles. The number of benzene rings is 1. The van der Waals surface area contributed by atoms with Crippen LogP contribution in [-0.4, -0.2) is 29.0 Å². The van der Waals surface area contributed by atoms with Gasteiger partial charge in [-0.05, 0) is 25.0 Å². The van der Waals surface area contributed by atoms with E-state index in [1.807, 2.05) is 29.1 Å². The van der Waals surface area contributed by atoms with Gasteiger partial charge < -0.3 is 10.1 Å². The Kier molecular flexibility index (Phi) is 3.91. The van der Waals surface area contributed by atoms with Crippen molar-refractivity contribution in [2.24, 2.45) is 0 Å². The average Bonchev–Trinajstić information content (AvgIpc) is 2.96. The van der Waals surface area contributed by atoms with E-state index in [2.05, 4.69) is 28.7 Å². The summed E-state index contributed by atoms with van der Waals surface area (Å²) in [7, 11) is 0. The highest BCUT2D eigenvalue weighted by Gasteiger charge is 2.13. The topological polar surface area (TPSA) is 39.1 Å². The van der Waals surface area contributed by atoms with Crippen molar-refractivity contribution in [2.75, 3.05) is 13.2 Å². The summed E-state index contributed by atoms with van der Waals surface area (Å²) in [4.78, 5) is 0. The molecule has 0 bridgehead atoms. The first kappa shape index (κ1) is 12.4. The summed E-state index contributed by atoms with van der Waals surface area (Å²) >= 11 is 0. The Morgan fingerprint density at radius 3 is 3.00 bits per heavy atom. The molecular formula is C15H19N3O. The van der Waals surface area contributed by atoms with Crippen molar-refractivity contribution in [3.63, 3.8) is 0 Å². The fraction of sp³-hybridized carbons (Fsp3) is 0.400. The number of aromatic nitrogens is 2. The van der Waals surface area contributed by atoms with Crippen molar-refractivity contribution < 1.29 is 4.74 Å². The lowest BCUT2D eigenvalue weighted by Crippen LogP contribution is -2.36. The van der Waals surface area contributed by atoms with Crippen LogP contribution in [-0.2, 0) is 11.3 Å². The standard InChI is InChI=1S/C15H19N3O/c1-2-6-15(7-3-1)18-11-13(10-17-18)9-16-14-5-4-8-19-12-14/h1-3,6-7,10-11,14,16H,4-5,8-9,12H2. The van der Waals surface area contributed by atoms with Crippen LogP contribution in [0.1, 0.15) is 18.4 Å². The molecule has 4 heteroatoms. The maximum atomic E-state index is 5.46. The zero-order chi connectivity index (χ0) is 12.9. The molecule has 4 nitrogen and oxygen atoms in total. The molecule has 100 valence electrons. The first-order valence-corrected chi connectivity index (χ1v) is 6.82. The van der Waals surface area contributed by atoms with E-state index in [1.165, 1.54) is 12.0 Å². The Bertz CT molecular complexity index is 503. The van der Waals surface area contributed by atoms with Crippen LogP contribution < -0.4 is 5.32 Å². The van der Waals surface area contributed by atoms with Crippen LogP contribution in [0.25, 0.3) is 5.69 Å². The van der Waals surface area contributed by atoms with Crippen LogP contribution in [0.2, 0.25) is 0 Å². The van der Waals surface area contributed by atoms with Crippen LogP contribution in [0, 0.1) is 0 Å². The van der Waals surface area contributed by atoms with Gasteiger partial charge in [0.2, 0.25) is 0 Å². The molecule has 3 rings (SSSR count). The van der Waals surface area contributed by atoms with Crippen LogP contribution >= 0.6 is 0 Å². The van der Waals surface area contributed by atoms with Gasteiger partial charge in [-0.25, -0.2) is 4.68 Å². The summed E-state index contributed by atoms with van der Waals surface area (Å²) in [6, 6.07) is 10.6. The zero-order valence-corrected chi connectivity index (χ0v) is 11.0. The predicted octanol–water partition coefficient (Wildman–Crippen LogP) is 2.14. The highest BCUT2D eigenvalue weighted by Crippen LogP contribution is 2.09. The quantitative estimate of drug-likeness (QED) is 0.912. The molecular weight excluding hydrogens is 238 g/mol. The molecule has 0 saturated carbocycles. The SMILES string of the molecule is c1ccc(-n2cc(CNC3CCCOC3)cn2)cc1. The fourth-order valence-corrected chi connectivity index (χ4v) is 2.34. The van der Waals surface area contributed by atoms with Gasteiger partial charge in [0.15, 0.2) is 0 Å². The smallest absolute Gasteiger partial charge is 0.0645 e. The van der Waals surface area contributed by atoms with Crippen molar-refractivity contribution in [3.05, 3.63) is 48.3 Å². The molecule has 1 aromatic heterocycles. The largest absolute Gasteiger partial charge is 0.380 e. The number of hydrogen-bond acceptors (Lipinski definition) is 3. The van der Waals surface area contributed by atoms with E-state index in [9.17, 15) is 0 Å². The Hall–Kier alpha value is -1.65. The minimum absolute atomic E-state index is 0.480. The van der Waals surface area contributed by atoms with Crippen LogP contribution in [0.15, 0.2) is 42.7 Å². The second kappa shape index (κ2) is 5.99. The zero-order valence-electron chi connectivity index (χ0n) is 11.0. The van der Waals surface area contributed by atoms with E-state index in [0.717, 1.165) is 31.9 Å². The Balaban J connectivity index is 1.59. The Morgan fingerprint density at radius 1 is 1.32 bits per heavy atom. The van der Waals surface area contributed by atoms with Crippen molar-refractivity contribution >= 4 is 0 Å². The van der Waals surface area contributed by atoms with Gasteiger partial charge >= 0.3 is 0 Å². The van der Waals surface area contributed by atoms with E-state index < -0.39 is 0 Å². The number of para-hydroxylation sites is 1. The average molecular weight is 257 g/mol. The fourth-order valence-electron chi connectivity index (χ4n) is 2.34. The number of hydrogen-bond donors (Lipinski definition) is 1. The number of ether oxygens (including phenoxy) is 1. The van der Waals surface area contributed by atoms with Gasteiger partial charge in [-0.1, -0.05) is 18.2 Å². The number of nitrogens with one attached hydrogen (secondary N) is 1. The molecule has 1 unspecified atom stereocenters. The van der Waals surface area contributed by atoms with Gasteiger partial charge in [-0.2, -0.15) is 5.10 Å². The molecule has 1 aliphatic heterocycles. The minimum atomic E-state index is 0.480. The molecule has 19 heavy (non-hydrogen) atoms. The summed E-state index contributed by atoms with van der Waals surface area (Å²) in [6.45, 7) is 2.58. The van der Waals surface area contributed by atoms with Crippen molar-refractivity contribution in [1.82, 2.24) is 15.1 Å². The molecule has 1 aliphatic rings.